The number of Topliss-reactive ketones (excluding diaryl/α,β-unsaturated/α-hetero) is 1. The predicted molar refractivity (Wildman–Crippen MR) is 137 cm³/mol. The summed E-state index contributed by atoms with van der Waals surface area (Å²) in [5, 5.41) is 0.266. The topological polar surface area (TPSA) is 26.3 Å². The zero-order chi connectivity index (χ0) is 23.7. The van der Waals surface area contributed by atoms with E-state index in [-0.39, 0.29) is 16.4 Å². The molecule has 2 nitrogen and oxygen atoms in total. The molecule has 180 valence electrons. The maximum atomic E-state index is 13.2. The molecule has 3 fully saturated rings. The summed E-state index contributed by atoms with van der Waals surface area (Å²) in [6.45, 7) is 23.1. The van der Waals surface area contributed by atoms with Gasteiger partial charge in [-0.15, -0.1) is 6.58 Å². The Kier molecular flexibility index (Phi) is 6.06. The number of carbonyl (C=O) groups excluding carboxylic acids is 1. The van der Waals surface area contributed by atoms with Gasteiger partial charge in [-0.05, 0) is 91.2 Å². The summed E-state index contributed by atoms with van der Waals surface area (Å²) in [6, 6.07) is 0. The third kappa shape index (κ3) is 3.65. The largest absolute Gasteiger partial charge is 0.414 e. The predicted octanol–water partition coefficient (Wildman–Crippen LogP) is 7.96. The molecule has 3 saturated carbocycles. The first-order valence-electron chi connectivity index (χ1n) is 13.3. The van der Waals surface area contributed by atoms with Crippen LogP contribution in [0.2, 0.25) is 18.1 Å². The van der Waals surface area contributed by atoms with Crippen LogP contribution >= 0.6 is 0 Å². The van der Waals surface area contributed by atoms with Crippen molar-refractivity contribution in [1.29, 1.82) is 0 Å². The van der Waals surface area contributed by atoms with E-state index in [1.165, 1.54) is 32.1 Å². The van der Waals surface area contributed by atoms with Gasteiger partial charge in [-0.25, -0.2) is 0 Å². The van der Waals surface area contributed by atoms with Crippen LogP contribution < -0.4 is 0 Å². The fraction of sp³-hybridized carbons (Fsp3) is 0.828. The van der Waals surface area contributed by atoms with Gasteiger partial charge >= 0.3 is 0 Å². The van der Waals surface area contributed by atoms with Crippen molar-refractivity contribution in [2.75, 3.05) is 0 Å². The molecule has 0 aromatic rings. The molecule has 4 rings (SSSR count). The lowest BCUT2D eigenvalue weighted by atomic mass is 9.47. The van der Waals surface area contributed by atoms with Crippen molar-refractivity contribution >= 4 is 14.1 Å². The number of hydrogen-bond acceptors (Lipinski definition) is 2. The monoisotopic (exact) mass is 456 g/mol. The standard InChI is InChI=1S/C29H48O2Si/c1-10-19(2)26-25(30)18-24-22-12-11-20-17-21(31-32(8,9)27(3,4)5)13-15-28(20,6)23(22)14-16-29(24,26)7/h10-11,19,21-24,26H,1,12-18H2,2-9H3/t19-,21+,22?,23?,24?,26?,28+,29+/m1/s1. The molecule has 32 heavy (non-hydrogen) atoms. The molecule has 0 aromatic carbocycles. The van der Waals surface area contributed by atoms with Crippen molar-refractivity contribution in [3.8, 4) is 0 Å². The van der Waals surface area contributed by atoms with Crippen LogP contribution in [-0.4, -0.2) is 20.2 Å². The average molecular weight is 457 g/mol. The van der Waals surface area contributed by atoms with E-state index in [9.17, 15) is 4.79 Å². The summed E-state index contributed by atoms with van der Waals surface area (Å²) in [7, 11) is -1.74. The highest BCUT2D eigenvalue weighted by Crippen LogP contribution is 2.66. The van der Waals surface area contributed by atoms with E-state index in [1.54, 1.807) is 5.57 Å². The molecule has 3 heteroatoms. The SMILES string of the molecule is C=C[C@@H](C)C1C(=O)CC2C3CC=C4C[C@@H](O[Si](C)(C)C(C)(C)C)CC[C@]4(C)C3CC[C@@]21C. The summed E-state index contributed by atoms with van der Waals surface area (Å²) >= 11 is 0. The molecule has 0 heterocycles. The molecule has 0 aliphatic heterocycles. The molecule has 0 saturated heterocycles. The van der Waals surface area contributed by atoms with Gasteiger partial charge in [-0.3, -0.25) is 4.79 Å². The first kappa shape index (κ1) is 24.5. The van der Waals surface area contributed by atoms with Crippen LogP contribution in [0.5, 0.6) is 0 Å². The van der Waals surface area contributed by atoms with Gasteiger partial charge in [0.25, 0.3) is 0 Å². The van der Waals surface area contributed by atoms with E-state index < -0.39 is 8.32 Å². The van der Waals surface area contributed by atoms with Gasteiger partial charge in [-0.1, -0.05) is 59.3 Å². The summed E-state index contributed by atoms with van der Waals surface area (Å²) in [5.74, 6) is 2.94. The lowest BCUT2D eigenvalue weighted by Gasteiger charge is -2.58. The first-order valence-corrected chi connectivity index (χ1v) is 16.2. The lowest BCUT2D eigenvalue weighted by molar-refractivity contribution is -0.123. The Morgan fingerprint density at radius 1 is 1.16 bits per heavy atom. The summed E-state index contributed by atoms with van der Waals surface area (Å²) in [5.41, 5.74) is 2.15. The van der Waals surface area contributed by atoms with Gasteiger partial charge in [0.1, 0.15) is 5.78 Å². The van der Waals surface area contributed by atoms with Crippen molar-refractivity contribution in [2.45, 2.75) is 111 Å². The number of carbonyl (C=O) groups is 1. The third-order valence-corrected chi connectivity index (χ3v) is 15.7. The van der Waals surface area contributed by atoms with E-state index in [4.69, 9.17) is 4.43 Å². The highest BCUT2D eigenvalue weighted by molar-refractivity contribution is 6.74. The molecule has 0 bridgehead atoms. The Balaban J connectivity index is 1.55. The number of ketones is 1. The highest BCUT2D eigenvalue weighted by Gasteiger charge is 2.61. The fourth-order valence-electron chi connectivity index (χ4n) is 8.18. The Hall–Kier alpha value is -0.673. The molecule has 0 amide bonds. The fourth-order valence-corrected chi connectivity index (χ4v) is 9.57. The average Bonchev–Trinajstić information content (AvgIpc) is 2.96. The van der Waals surface area contributed by atoms with Gasteiger partial charge in [0.2, 0.25) is 0 Å². The molecule has 4 unspecified atom stereocenters. The van der Waals surface area contributed by atoms with Crippen LogP contribution in [0.3, 0.4) is 0 Å². The van der Waals surface area contributed by atoms with Gasteiger partial charge in [0.05, 0.1) is 0 Å². The number of fused-ring (bicyclic) bond motifs is 5. The van der Waals surface area contributed by atoms with Crippen molar-refractivity contribution in [1.82, 2.24) is 0 Å². The molecule has 0 aromatic heterocycles. The maximum absolute atomic E-state index is 13.2. The molecular weight excluding hydrogens is 408 g/mol. The second-order valence-electron chi connectivity index (χ2n) is 13.8. The van der Waals surface area contributed by atoms with Crippen LogP contribution in [0.15, 0.2) is 24.3 Å². The van der Waals surface area contributed by atoms with E-state index >= 15 is 0 Å². The van der Waals surface area contributed by atoms with Crippen LogP contribution in [0.25, 0.3) is 0 Å². The van der Waals surface area contributed by atoms with Gasteiger partial charge in [0.15, 0.2) is 8.32 Å². The summed E-state index contributed by atoms with van der Waals surface area (Å²) < 4.78 is 6.87. The molecule has 0 N–H and O–H groups in total. The smallest absolute Gasteiger partial charge is 0.192 e. The van der Waals surface area contributed by atoms with Crippen LogP contribution in [0, 0.1) is 40.4 Å². The molecule has 4 aliphatic carbocycles. The quantitative estimate of drug-likeness (QED) is 0.317. The van der Waals surface area contributed by atoms with E-state index in [1.807, 2.05) is 6.08 Å². The zero-order valence-corrected chi connectivity index (χ0v) is 23.1. The second-order valence-corrected chi connectivity index (χ2v) is 18.5. The van der Waals surface area contributed by atoms with Crippen LogP contribution in [-0.2, 0) is 9.22 Å². The number of hydrogen-bond donors (Lipinski definition) is 0. The van der Waals surface area contributed by atoms with Crippen molar-refractivity contribution in [2.24, 2.45) is 40.4 Å². The Morgan fingerprint density at radius 2 is 1.84 bits per heavy atom. The minimum atomic E-state index is -1.74. The number of allylic oxidation sites excluding steroid dienone is 2. The summed E-state index contributed by atoms with van der Waals surface area (Å²) in [6.07, 6.45) is 13.1. The molecule has 4 aliphatic rings. The Bertz CT molecular complexity index is 804. The molecular formula is C29H48O2Si. The van der Waals surface area contributed by atoms with Crippen molar-refractivity contribution in [3.63, 3.8) is 0 Å². The summed E-state index contributed by atoms with van der Waals surface area (Å²) in [4.78, 5) is 13.2. The second kappa shape index (κ2) is 7.94. The maximum Gasteiger partial charge on any atom is 0.192 e. The Labute approximate surface area is 198 Å². The lowest BCUT2D eigenvalue weighted by Crippen LogP contribution is -2.52. The molecule has 0 spiro atoms. The van der Waals surface area contributed by atoms with Crippen molar-refractivity contribution in [3.05, 3.63) is 24.3 Å². The Morgan fingerprint density at radius 3 is 2.47 bits per heavy atom. The third-order valence-electron chi connectivity index (χ3n) is 11.1. The molecule has 0 radical (unpaired) electrons. The van der Waals surface area contributed by atoms with Gasteiger partial charge in [0, 0.05) is 18.4 Å². The normalized spacial score (nSPS) is 43.1. The van der Waals surface area contributed by atoms with E-state index in [0.29, 0.717) is 35.1 Å². The zero-order valence-electron chi connectivity index (χ0n) is 22.1. The van der Waals surface area contributed by atoms with Gasteiger partial charge in [-0.2, -0.15) is 0 Å². The van der Waals surface area contributed by atoms with E-state index in [2.05, 4.69) is 67.3 Å². The number of rotatable bonds is 4. The molecule has 8 atom stereocenters. The van der Waals surface area contributed by atoms with Crippen LogP contribution in [0.4, 0.5) is 0 Å². The highest BCUT2D eigenvalue weighted by atomic mass is 28.4. The minimum absolute atomic E-state index is 0.163. The first-order chi connectivity index (χ1) is 14.7. The minimum Gasteiger partial charge on any atom is -0.414 e. The van der Waals surface area contributed by atoms with Crippen LogP contribution in [0.1, 0.15) is 86.5 Å². The van der Waals surface area contributed by atoms with Crippen molar-refractivity contribution < 1.29 is 9.22 Å². The van der Waals surface area contributed by atoms with E-state index in [0.717, 1.165) is 18.8 Å². The van der Waals surface area contributed by atoms with Gasteiger partial charge < -0.3 is 4.43 Å².